The molecule has 0 N–H and O–H groups in total. The Kier molecular flexibility index (Phi) is 7.83. The topological polar surface area (TPSA) is 102 Å². The first kappa shape index (κ1) is 24.8. The number of likely N-dealkylation sites (N-methyl/N-ethyl adjacent to an activating group) is 1. The van der Waals surface area contributed by atoms with Crippen LogP contribution in [0.3, 0.4) is 0 Å². The third kappa shape index (κ3) is 5.23. The molecule has 11 heteroatoms. The number of ether oxygens (including phenoxy) is 3. The van der Waals surface area contributed by atoms with Gasteiger partial charge in [-0.1, -0.05) is 30.7 Å². The summed E-state index contributed by atoms with van der Waals surface area (Å²) in [5.41, 5.74) is 0.445. The highest BCUT2D eigenvalue weighted by Crippen LogP contribution is 2.34. The fourth-order valence-electron chi connectivity index (χ4n) is 3.39. The molecular weight excluding hydrogens is 472 g/mol. The van der Waals surface area contributed by atoms with Crippen molar-refractivity contribution in [1.29, 1.82) is 0 Å². The van der Waals surface area contributed by atoms with Gasteiger partial charge >= 0.3 is 5.97 Å². The lowest BCUT2D eigenvalue weighted by Crippen LogP contribution is -2.50. The third-order valence-electron chi connectivity index (χ3n) is 5.04. The minimum atomic E-state index is -4.03. The molecule has 1 atom stereocenters. The maximum atomic E-state index is 13.2. The van der Waals surface area contributed by atoms with E-state index in [0.29, 0.717) is 23.8 Å². The number of methoxy groups -OCH3 is 1. The molecule has 0 aromatic heterocycles. The maximum Gasteiger partial charge on any atom is 0.348 e. The molecule has 3 rings (SSSR count). The number of anilines is 1. The smallest absolute Gasteiger partial charge is 0.348 e. The van der Waals surface area contributed by atoms with Crippen LogP contribution in [0.5, 0.6) is 11.5 Å². The van der Waals surface area contributed by atoms with Gasteiger partial charge in [-0.25, -0.2) is 13.2 Å². The van der Waals surface area contributed by atoms with E-state index in [1.54, 1.807) is 38.1 Å². The van der Waals surface area contributed by atoms with Gasteiger partial charge in [-0.2, -0.15) is 4.31 Å². The van der Waals surface area contributed by atoms with Gasteiger partial charge in [0.1, 0.15) is 11.5 Å². The van der Waals surface area contributed by atoms with Crippen molar-refractivity contribution in [3.05, 3.63) is 47.5 Å². The van der Waals surface area contributed by atoms with Gasteiger partial charge in [0.25, 0.3) is 0 Å². The van der Waals surface area contributed by atoms with Crippen LogP contribution in [-0.2, 0) is 24.3 Å². The van der Waals surface area contributed by atoms with E-state index in [0.717, 1.165) is 4.31 Å². The zero-order valence-corrected chi connectivity index (χ0v) is 20.1. The van der Waals surface area contributed by atoms with Crippen molar-refractivity contribution in [3.63, 3.8) is 0 Å². The Bertz CT molecular complexity index is 1140. The van der Waals surface area contributed by atoms with Gasteiger partial charge in [-0.15, -0.1) is 0 Å². The van der Waals surface area contributed by atoms with Gasteiger partial charge in [0.15, 0.2) is 0 Å². The van der Waals surface area contributed by atoms with Crippen LogP contribution in [0.4, 0.5) is 5.69 Å². The van der Waals surface area contributed by atoms with Crippen LogP contribution in [0.25, 0.3) is 0 Å². The summed E-state index contributed by atoms with van der Waals surface area (Å²) in [5, 5.41) is 0.156. The molecule has 0 fully saturated rings. The Morgan fingerprint density at radius 2 is 1.94 bits per heavy atom. The number of carbonyl (C=O) groups excluding carboxylic acids is 2. The van der Waals surface area contributed by atoms with Crippen molar-refractivity contribution < 1.29 is 32.2 Å². The Hall–Kier alpha value is -2.82. The van der Waals surface area contributed by atoms with Crippen molar-refractivity contribution >= 4 is 39.2 Å². The number of sulfonamides is 1. The molecule has 0 unspecified atom stereocenters. The second-order valence-electron chi connectivity index (χ2n) is 7.06. The Balaban J connectivity index is 1.87. The Morgan fingerprint density at radius 3 is 2.58 bits per heavy atom. The van der Waals surface area contributed by atoms with E-state index in [4.69, 9.17) is 25.8 Å². The summed E-state index contributed by atoms with van der Waals surface area (Å²) in [6.45, 7) is 3.31. The number of esters is 1. The van der Waals surface area contributed by atoms with Crippen LogP contribution in [-0.4, -0.2) is 64.1 Å². The fourth-order valence-corrected chi connectivity index (χ4v) is 5.12. The maximum absolute atomic E-state index is 13.2. The normalized spacial score (nSPS) is 15.5. The van der Waals surface area contributed by atoms with Crippen LogP contribution < -0.4 is 14.4 Å². The number of hydrogen-bond donors (Lipinski definition) is 0. The largest absolute Gasteiger partial charge is 0.492 e. The molecular formula is C22H25ClN2O7S. The van der Waals surface area contributed by atoms with Crippen LogP contribution >= 0.6 is 11.6 Å². The highest BCUT2D eigenvalue weighted by molar-refractivity contribution is 7.89. The summed E-state index contributed by atoms with van der Waals surface area (Å²) in [4.78, 5) is 26.6. The van der Waals surface area contributed by atoms with E-state index in [9.17, 15) is 18.0 Å². The third-order valence-corrected chi connectivity index (χ3v) is 7.26. The lowest BCUT2D eigenvalue weighted by molar-refractivity contribution is -0.148. The van der Waals surface area contributed by atoms with Gasteiger partial charge in [0.05, 0.1) is 42.4 Å². The van der Waals surface area contributed by atoms with Gasteiger partial charge in [-0.3, -0.25) is 4.79 Å². The van der Waals surface area contributed by atoms with E-state index in [2.05, 4.69) is 0 Å². The molecule has 1 aliphatic rings. The van der Waals surface area contributed by atoms with E-state index >= 15 is 0 Å². The average Bonchev–Trinajstić information content (AvgIpc) is 2.82. The quantitative estimate of drug-likeness (QED) is 0.518. The number of benzene rings is 2. The summed E-state index contributed by atoms with van der Waals surface area (Å²) in [6, 6.07) is 10.9. The number of nitrogens with zero attached hydrogens (tertiary/aromatic N) is 2. The average molecular weight is 497 g/mol. The lowest BCUT2D eigenvalue weighted by Gasteiger charge is -2.34. The minimum Gasteiger partial charge on any atom is -0.492 e. The van der Waals surface area contributed by atoms with Crippen molar-refractivity contribution in [1.82, 2.24) is 4.31 Å². The molecule has 0 saturated heterocycles. The van der Waals surface area contributed by atoms with Gasteiger partial charge in [0, 0.05) is 6.54 Å². The zero-order chi connectivity index (χ0) is 24.2. The van der Waals surface area contributed by atoms with Gasteiger partial charge < -0.3 is 19.1 Å². The van der Waals surface area contributed by atoms with E-state index in [1.165, 1.54) is 30.2 Å². The molecule has 1 amide bonds. The van der Waals surface area contributed by atoms with Crippen molar-refractivity contribution in [3.8, 4) is 11.5 Å². The first-order valence-electron chi connectivity index (χ1n) is 10.3. The summed E-state index contributed by atoms with van der Waals surface area (Å²) < 4.78 is 43.3. The molecule has 33 heavy (non-hydrogen) atoms. The second-order valence-corrected chi connectivity index (χ2v) is 9.40. The molecule has 0 saturated carbocycles. The summed E-state index contributed by atoms with van der Waals surface area (Å²) in [5.74, 6) is -0.443. The zero-order valence-electron chi connectivity index (χ0n) is 18.5. The molecule has 2 aromatic rings. The molecule has 0 spiro atoms. The predicted molar refractivity (Wildman–Crippen MR) is 122 cm³/mol. The summed E-state index contributed by atoms with van der Waals surface area (Å²) >= 11 is 6.16. The molecule has 2 aromatic carbocycles. The molecule has 178 valence electrons. The first-order valence-corrected chi connectivity index (χ1v) is 12.1. The van der Waals surface area contributed by atoms with Crippen LogP contribution in [0.2, 0.25) is 5.02 Å². The number of carbonyl (C=O) groups is 2. The molecule has 9 nitrogen and oxygen atoms in total. The molecule has 1 heterocycles. The predicted octanol–water partition coefficient (Wildman–Crippen LogP) is 2.72. The summed E-state index contributed by atoms with van der Waals surface area (Å²) in [6.07, 6.45) is -1.02. The van der Waals surface area contributed by atoms with Crippen molar-refractivity contribution in [2.75, 3.05) is 38.3 Å². The van der Waals surface area contributed by atoms with E-state index < -0.39 is 34.5 Å². The second kappa shape index (κ2) is 10.4. The number of amides is 1. The highest BCUT2D eigenvalue weighted by Gasteiger charge is 2.36. The standard InChI is InChI=1S/C22H25ClN2O7S/c1-4-24(33(28,29)15-10-11-18(31-5-2)16(23)12-15)14-21(26)25-13-20(22(27)30-3)32-19-9-7-6-8-17(19)25/h6-12,20H,4-5,13-14H2,1-3H3/t20-/m0/s1. The monoisotopic (exact) mass is 496 g/mol. The van der Waals surface area contributed by atoms with Crippen LogP contribution in [0.1, 0.15) is 13.8 Å². The fraction of sp³-hybridized carbons (Fsp3) is 0.364. The lowest BCUT2D eigenvalue weighted by atomic mass is 10.2. The number of fused-ring (bicyclic) bond motifs is 1. The molecule has 0 radical (unpaired) electrons. The number of halogens is 1. The van der Waals surface area contributed by atoms with E-state index in [-0.39, 0.29) is 23.0 Å². The van der Waals surface area contributed by atoms with Crippen LogP contribution in [0, 0.1) is 0 Å². The minimum absolute atomic E-state index is 0.0469. The first-order chi connectivity index (χ1) is 15.7. The Labute approximate surface area is 197 Å². The number of rotatable bonds is 8. The van der Waals surface area contributed by atoms with Crippen LogP contribution in [0.15, 0.2) is 47.4 Å². The molecule has 0 aliphatic carbocycles. The SMILES string of the molecule is CCOc1ccc(S(=O)(=O)N(CC)CC(=O)N2C[C@@H](C(=O)OC)Oc3ccccc32)cc1Cl. The summed E-state index contributed by atoms with van der Waals surface area (Å²) in [7, 11) is -2.80. The highest BCUT2D eigenvalue weighted by atomic mass is 35.5. The van der Waals surface area contributed by atoms with Crippen molar-refractivity contribution in [2.24, 2.45) is 0 Å². The van der Waals surface area contributed by atoms with Crippen molar-refractivity contribution in [2.45, 2.75) is 24.8 Å². The van der Waals surface area contributed by atoms with Gasteiger partial charge in [0.2, 0.25) is 22.0 Å². The van der Waals surface area contributed by atoms with Gasteiger partial charge in [-0.05, 0) is 37.3 Å². The number of hydrogen-bond acceptors (Lipinski definition) is 7. The number of para-hydroxylation sites is 2. The van der Waals surface area contributed by atoms with E-state index in [1.807, 2.05) is 0 Å². The Morgan fingerprint density at radius 1 is 1.21 bits per heavy atom. The molecule has 1 aliphatic heterocycles. The molecule has 0 bridgehead atoms.